The number of unbranched alkanes of at least 4 members (excludes halogenated alkanes) is 1. The Labute approximate surface area is 285 Å². The van der Waals surface area contributed by atoms with Crippen molar-refractivity contribution in [1.82, 2.24) is 14.7 Å². The summed E-state index contributed by atoms with van der Waals surface area (Å²) in [6, 6.07) is 35.1. The Morgan fingerprint density at radius 2 is 1.40 bits per heavy atom. The summed E-state index contributed by atoms with van der Waals surface area (Å²) in [5.41, 5.74) is 4.08. The quantitative estimate of drug-likeness (QED) is 0.104. The highest BCUT2D eigenvalue weighted by Gasteiger charge is 2.34. The van der Waals surface area contributed by atoms with Gasteiger partial charge in [0.1, 0.15) is 17.5 Å². The van der Waals surface area contributed by atoms with E-state index in [2.05, 4.69) is 36.1 Å². The van der Waals surface area contributed by atoms with Gasteiger partial charge in [0.25, 0.3) is 0 Å². The number of carbonyl (C=O) groups excluding carboxylic acids is 2. The van der Waals surface area contributed by atoms with Crippen LogP contribution in [0.2, 0.25) is 0 Å². The van der Waals surface area contributed by atoms with Gasteiger partial charge >= 0.3 is 0 Å². The Hall–Kier alpha value is -4.88. The van der Waals surface area contributed by atoms with Gasteiger partial charge in [0.05, 0.1) is 13.7 Å². The SMILES string of the molecule is CCCCOc1ccc(CN(C(=O)C=Cc2ccc(OC)cc2)[C@@H](Cc2ccccc2)C(=O)N2CCN(Cc3ccccc3)CC2)cc1. The van der Waals surface area contributed by atoms with Gasteiger partial charge in [0, 0.05) is 51.8 Å². The summed E-state index contributed by atoms with van der Waals surface area (Å²) in [7, 11) is 1.63. The van der Waals surface area contributed by atoms with Gasteiger partial charge in [-0.15, -0.1) is 0 Å². The zero-order valence-electron chi connectivity index (χ0n) is 28.2. The lowest BCUT2D eigenvalue weighted by Gasteiger charge is -2.39. The highest BCUT2D eigenvalue weighted by molar-refractivity contribution is 5.95. The number of carbonyl (C=O) groups is 2. The summed E-state index contributed by atoms with van der Waals surface area (Å²) in [6.45, 7) is 6.75. The summed E-state index contributed by atoms with van der Waals surface area (Å²) in [4.78, 5) is 34.7. The van der Waals surface area contributed by atoms with Crippen LogP contribution in [0, 0.1) is 0 Å². The minimum absolute atomic E-state index is 0.0241. The topological polar surface area (TPSA) is 62.3 Å². The molecule has 0 saturated carbocycles. The summed E-state index contributed by atoms with van der Waals surface area (Å²) in [5, 5.41) is 0. The summed E-state index contributed by atoms with van der Waals surface area (Å²) in [6.07, 6.45) is 5.86. The Balaban J connectivity index is 1.39. The van der Waals surface area contributed by atoms with Gasteiger partial charge in [-0.3, -0.25) is 14.5 Å². The number of hydrogen-bond acceptors (Lipinski definition) is 5. The van der Waals surface area contributed by atoms with Crippen molar-refractivity contribution < 1.29 is 19.1 Å². The summed E-state index contributed by atoms with van der Waals surface area (Å²) >= 11 is 0. The Kier molecular flexibility index (Phi) is 12.8. The van der Waals surface area contributed by atoms with Crippen molar-refractivity contribution >= 4 is 17.9 Å². The molecule has 7 heteroatoms. The molecule has 1 fully saturated rings. The number of benzene rings is 4. The maximum Gasteiger partial charge on any atom is 0.247 e. The molecule has 4 aromatic rings. The van der Waals surface area contributed by atoms with Gasteiger partial charge < -0.3 is 19.3 Å². The number of rotatable bonds is 15. The molecule has 2 amide bonds. The second kappa shape index (κ2) is 17.9. The lowest BCUT2D eigenvalue weighted by molar-refractivity contribution is -0.145. The normalized spacial score (nSPS) is 14.1. The van der Waals surface area contributed by atoms with E-state index < -0.39 is 6.04 Å². The van der Waals surface area contributed by atoms with Crippen LogP contribution in [-0.4, -0.2) is 72.5 Å². The fraction of sp³-hybridized carbons (Fsp3) is 0.317. The number of nitrogens with zero attached hydrogens (tertiary/aromatic N) is 3. The van der Waals surface area contributed by atoms with Gasteiger partial charge in [0.15, 0.2) is 0 Å². The molecule has 0 N–H and O–H groups in total. The number of methoxy groups -OCH3 is 1. The van der Waals surface area contributed by atoms with E-state index in [9.17, 15) is 9.59 Å². The second-order valence-electron chi connectivity index (χ2n) is 12.2. The standard InChI is InChI=1S/C41H47N3O4/c1-3-4-29-48-38-22-17-36(18-23-38)32-44(40(45)24-19-33-15-20-37(47-2)21-16-33)39(30-34-11-7-5-8-12-34)41(46)43-27-25-42(26-28-43)31-35-13-9-6-10-14-35/h5-24,39H,3-4,25-32H2,1-2H3/t39-/m0/s1. The van der Waals surface area contributed by atoms with Crippen LogP contribution in [-0.2, 0) is 29.1 Å². The zero-order chi connectivity index (χ0) is 33.6. The molecule has 0 aliphatic carbocycles. The third-order valence-corrected chi connectivity index (χ3v) is 8.73. The molecular formula is C41H47N3O4. The monoisotopic (exact) mass is 645 g/mol. The lowest BCUT2D eigenvalue weighted by atomic mass is 10.0. The number of hydrogen-bond donors (Lipinski definition) is 0. The fourth-order valence-corrected chi connectivity index (χ4v) is 5.89. The molecule has 0 bridgehead atoms. The van der Waals surface area contributed by atoms with Crippen LogP contribution in [0.1, 0.15) is 42.0 Å². The molecule has 4 aromatic carbocycles. The van der Waals surface area contributed by atoms with E-state index in [1.54, 1.807) is 24.2 Å². The van der Waals surface area contributed by atoms with Crippen molar-refractivity contribution in [3.8, 4) is 11.5 Å². The molecule has 1 atom stereocenters. The molecule has 0 unspecified atom stereocenters. The first-order chi connectivity index (χ1) is 23.5. The molecule has 5 rings (SSSR count). The molecule has 1 aliphatic heterocycles. The molecule has 7 nitrogen and oxygen atoms in total. The fourth-order valence-electron chi connectivity index (χ4n) is 5.89. The molecule has 0 aromatic heterocycles. The Bertz CT molecular complexity index is 1580. The van der Waals surface area contributed by atoms with Gasteiger partial charge in [-0.2, -0.15) is 0 Å². The van der Waals surface area contributed by atoms with Crippen LogP contribution in [0.4, 0.5) is 0 Å². The molecule has 48 heavy (non-hydrogen) atoms. The first-order valence-electron chi connectivity index (χ1n) is 17.0. The van der Waals surface area contributed by atoms with Gasteiger partial charge in [-0.05, 0) is 59.0 Å². The predicted molar refractivity (Wildman–Crippen MR) is 192 cm³/mol. The molecule has 1 saturated heterocycles. The maximum absolute atomic E-state index is 14.5. The Morgan fingerprint density at radius 3 is 2.02 bits per heavy atom. The third kappa shape index (κ3) is 10.1. The second-order valence-corrected chi connectivity index (χ2v) is 12.2. The highest BCUT2D eigenvalue weighted by atomic mass is 16.5. The van der Waals surface area contributed by atoms with E-state index in [0.717, 1.165) is 60.7 Å². The van der Waals surface area contributed by atoms with E-state index in [1.165, 1.54) is 5.56 Å². The molecule has 250 valence electrons. The summed E-state index contributed by atoms with van der Waals surface area (Å²) in [5.74, 6) is 1.31. The van der Waals surface area contributed by atoms with E-state index in [-0.39, 0.29) is 18.4 Å². The smallest absolute Gasteiger partial charge is 0.247 e. The van der Waals surface area contributed by atoms with Crippen LogP contribution < -0.4 is 9.47 Å². The zero-order valence-corrected chi connectivity index (χ0v) is 28.2. The molecule has 1 heterocycles. The number of amides is 2. The van der Waals surface area contributed by atoms with Crippen LogP contribution in [0.25, 0.3) is 6.08 Å². The van der Waals surface area contributed by atoms with Crippen LogP contribution in [0.5, 0.6) is 11.5 Å². The van der Waals surface area contributed by atoms with E-state index in [0.29, 0.717) is 26.1 Å². The predicted octanol–water partition coefficient (Wildman–Crippen LogP) is 6.87. The van der Waals surface area contributed by atoms with Crippen molar-refractivity contribution in [2.24, 2.45) is 0 Å². The number of piperazine rings is 1. The van der Waals surface area contributed by atoms with E-state index in [4.69, 9.17) is 9.47 Å². The van der Waals surface area contributed by atoms with Crippen molar-refractivity contribution in [3.05, 3.63) is 138 Å². The van der Waals surface area contributed by atoms with E-state index >= 15 is 0 Å². The van der Waals surface area contributed by atoms with Crippen LogP contribution in [0.3, 0.4) is 0 Å². The molecule has 1 aliphatic rings. The minimum atomic E-state index is -0.679. The molecule has 0 spiro atoms. The van der Waals surface area contributed by atoms with Crippen molar-refractivity contribution in [2.75, 3.05) is 39.9 Å². The van der Waals surface area contributed by atoms with Gasteiger partial charge in [0.2, 0.25) is 11.8 Å². The maximum atomic E-state index is 14.5. The highest BCUT2D eigenvalue weighted by Crippen LogP contribution is 2.21. The van der Waals surface area contributed by atoms with Crippen molar-refractivity contribution in [2.45, 2.75) is 45.3 Å². The third-order valence-electron chi connectivity index (χ3n) is 8.73. The van der Waals surface area contributed by atoms with Crippen LogP contribution in [0.15, 0.2) is 115 Å². The largest absolute Gasteiger partial charge is 0.497 e. The van der Waals surface area contributed by atoms with Crippen molar-refractivity contribution in [3.63, 3.8) is 0 Å². The number of ether oxygens (including phenoxy) is 2. The first-order valence-corrected chi connectivity index (χ1v) is 17.0. The average Bonchev–Trinajstić information content (AvgIpc) is 3.14. The first kappa shape index (κ1) is 34.5. The Morgan fingerprint density at radius 1 is 0.771 bits per heavy atom. The van der Waals surface area contributed by atoms with E-state index in [1.807, 2.05) is 89.8 Å². The molecule has 0 radical (unpaired) electrons. The summed E-state index contributed by atoms with van der Waals surface area (Å²) < 4.78 is 11.2. The average molecular weight is 646 g/mol. The van der Waals surface area contributed by atoms with Crippen molar-refractivity contribution in [1.29, 1.82) is 0 Å². The molecular weight excluding hydrogens is 598 g/mol. The van der Waals surface area contributed by atoms with Gasteiger partial charge in [-0.25, -0.2) is 0 Å². The minimum Gasteiger partial charge on any atom is -0.497 e. The lowest BCUT2D eigenvalue weighted by Crippen LogP contribution is -2.56. The van der Waals surface area contributed by atoms with Gasteiger partial charge in [-0.1, -0.05) is 98.3 Å². The van der Waals surface area contributed by atoms with Crippen LogP contribution >= 0.6 is 0 Å².